The van der Waals surface area contributed by atoms with Crippen LogP contribution in [0, 0.1) is 18.4 Å². The van der Waals surface area contributed by atoms with Gasteiger partial charge in [-0.1, -0.05) is 80.9 Å². The van der Waals surface area contributed by atoms with Gasteiger partial charge in [0.25, 0.3) is 11.8 Å². The zero-order valence-electron chi connectivity index (χ0n) is 21.8. The van der Waals surface area contributed by atoms with E-state index >= 15 is 0 Å². The van der Waals surface area contributed by atoms with Crippen LogP contribution < -0.4 is 10.6 Å². The first kappa shape index (κ1) is 27.3. The molecule has 3 rings (SSSR count). The summed E-state index contributed by atoms with van der Waals surface area (Å²) in [6.45, 7) is 8.75. The largest absolute Gasteiger partial charge is 0.444 e. The molecule has 2 N–H and O–H groups in total. The van der Waals surface area contributed by atoms with Crippen molar-refractivity contribution in [3.05, 3.63) is 78.4 Å². The van der Waals surface area contributed by atoms with E-state index in [1.807, 2.05) is 42.5 Å². The molecule has 2 atom stereocenters. The van der Waals surface area contributed by atoms with Gasteiger partial charge in [0.05, 0.1) is 0 Å². The van der Waals surface area contributed by atoms with Crippen molar-refractivity contribution in [2.24, 2.45) is 5.92 Å². The van der Waals surface area contributed by atoms with Crippen LogP contribution in [0.4, 0.5) is 10.5 Å². The van der Waals surface area contributed by atoms with E-state index in [4.69, 9.17) is 11.2 Å². The van der Waals surface area contributed by atoms with Crippen LogP contribution >= 0.6 is 0 Å². The average molecular weight is 500 g/mol. The second-order valence-electron chi connectivity index (χ2n) is 10.1. The molecule has 0 aliphatic heterocycles. The van der Waals surface area contributed by atoms with Gasteiger partial charge in [-0.2, -0.15) is 0 Å². The third kappa shape index (κ3) is 7.11. The van der Waals surface area contributed by atoms with Gasteiger partial charge in [0.2, 0.25) is 0 Å². The van der Waals surface area contributed by atoms with Crippen LogP contribution in [-0.2, 0) is 14.3 Å². The van der Waals surface area contributed by atoms with Crippen molar-refractivity contribution in [1.82, 2.24) is 10.2 Å². The molecule has 0 aliphatic carbocycles. The van der Waals surface area contributed by atoms with E-state index in [0.29, 0.717) is 11.3 Å². The second kappa shape index (κ2) is 11.6. The van der Waals surface area contributed by atoms with Gasteiger partial charge in [-0.05, 0) is 55.2 Å². The first-order chi connectivity index (χ1) is 17.5. The first-order valence-corrected chi connectivity index (χ1v) is 12.1. The van der Waals surface area contributed by atoms with Crippen LogP contribution in [0.3, 0.4) is 0 Å². The lowest BCUT2D eigenvalue weighted by molar-refractivity contribution is -0.137. The minimum atomic E-state index is -1.13. The summed E-state index contributed by atoms with van der Waals surface area (Å²) in [4.78, 5) is 40.9. The summed E-state index contributed by atoms with van der Waals surface area (Å²) >= 11 is 0. The van der Waals surface area contributed by atoms with Gasteiger partial charge in [-0.25, -0.2) is 4.79 Å². The molecule has 0 radical (unpaired) electrons. The third-order valence-electron chi connectivity index (χ3n) is 5.62. The van der Waals surface area contributed by atoms with Crippen LogP contribution in [0.1, 0.15) is 46.2 Å². The van der Waals surface area contributed by atoms with Crippen LogP contribution in [0.2, 0.25) is 0 Å². The fraction of sp³-hybridized carbons (Fsp3) is 0.300. The lowest BCUT2D eigenvalue weighted by Crippen LogP contribution is -2.53. The Morgan fingerprint density at radius 1 is 0.919 bits per heavy atom. The van der Waals surface area contributed by atoms with Crippen molar-refractivity contribution in [1.29, 1.82) is 0 Å². The number of rotatable bonds is 7. The van der Waals surface area contributed by atoms with Crippen molar-refractivity contribution < 1.29 is 19.1 Å². The molecule has 7 nitrogen and oxygen atoms in total. The molecule has 7 heteroatoms. The molecule has 0 heterocycles. The molecule has 192 valence electrons. The molecule has 37 heavy (non-hydrogen) atoms. The Morgan fingerprint density at radius 3 is 2.14 bits per heavy atom. The minimum Gasteiger partial charge on any atom is -0.444 e. The van der Waals surface area contributed by atoms with Gasteiger partial charge in [-0.15, -0.1) is 0 Å². The molecular formula is C30H33N3O4. The normalized spacial score (nSPS) is 12.8. The zero-order valence-corrected chi connectivity index (χ0v) is 21.8. The predicted octanol–water partition coefficient (Wildman–Crippen LogP) is 5.49. The predicted molar refractivity (Wildman–Crippen MR) is 145 cm³/mol. The first-order valence-electron chi connectivity index (χ1n) is 12.1. The van der Waals surface area contributed by atoms with Crippen LogP contribution in [0.5, 0.6) is 0 Å². The molecule has 3 amide bonds. The Kier molecular flexibility index (Phi) is 8.56. The molecule has 0 fully saturated rings. The lowest BCUT2D eigenvalue weighted by Gasteiger charge is -2.31. The van der Waals surface area contributed by atoms with Crippen molar-refractivity contribution in [2.45, 2.75) is 52.3 Å². The number of hydrogen-bond acceptors (Lipinski definition) is 4. The number of amides is 3. The molecule has 0 spiro atoms. The number of fused-ring (bicyclic) bond motifs is 1. The smallest absolute Gasteiger partial charge is 0.408 e. The van der Waals surface area contributed by atoms with Crippen molar-refractivity contribution in [3.8, 4) is 12.5 Å². The van der Waals surface area contributed by atoms with Gasteiger partial charge in [-0.3, -0.25) is 14.5 Å². The summed E-state index contributed by atoms with van der Waals surface area (Å²) < 4.78 is 5.34. The standard InChI is InChI=1S/C30H33N3O4/c1-7-33(28(35)25(20(2)3)32-29(36)37-30(4,5)6)26(22-14-9-8-10-15-22)27(34)31-24-18-17-21-13-11-12-16-23(21)19-24/h1,8-20,25-26H,2-6H3,(H,31,34)(H,32,36). The van der Waals surface area contributed by atoms with Gasteiger partial charge in [0.15, 0.2) is 0 Å². The SMILES string of the molecule is C#CN(C(=O)C(NC(=O)OC(C)(C)C)C(C)C)C(C(=O)Nc1ccc2ccccc2c1)c1ccccc1. The zero-order chi connectivity index (χ0) is 27.2. The molecule has 0 saturated carbocycles. The summed E-state index contributed by atoms with van der Waals surface area (Å²) in [6.07, 6.45) is 5.08. The molecule has 0 saturated heterocycles. The van der Waals surface area contributed by atoms with Crippen LogP contribution in [0.25, 0.3) is 10.8 Å². The molecule has 3 aromatic carbocycles. The van der Waals surface area contributed by atoms with E-state index in [-0.39, 0.29) is 5.92 Å². The minimum absolute atomic E-state index is 0.323. The number of alkyl carbamates (subject to hydrolysis) is 1. The van der Waals surface area contributed by atoms with Gasteiger partial charge in [0, 0.05) is 11.7 Å². The van der Waals surface area contributed by atoms with Gasteiger partial charge < -0.3 is 15.4 Å². The third-order valence-corrected chi connectivity index (χ3v) is 5.62. The monoisotopic (exact) mass is 499 g/mol. The maximum absolute atomic E-state index is 13.7. The van der Waals surface area contributed by atoms with Crippen molar-refractivity contribution >= 4 is 34.4 Å². The maximum Gasteiger partial charge on any atom is 0.408 e. The van der Waals surface area contributed by atoms with E-state index < -0.39 is 35.6 Å². The van der Waals surface area contributed by atoms with Crippen molar-refractivity contribution in [3.63, 3.8) is 0 Å². The molecule has 3 aromatic rings. The number of hydrogen-bond donors (Lipinski definition) is 2. The summed E-state index contributed by atoms with van der Waals surface area (Å²) in [7, 11) is 0. The van der Waals surface area contributed by atoms with E-state index in [2.05, 4.69) is 16.7 Å². The quantitative estimate of drug-likeness (QED) is 0.332. The number of terminal acetylenes is 1. The number of benzene rings is 3. The summed E-state index contributed by atoms with van der Waals surface area (Å²) in [5, 5.41) is 7.52. The molecular weight excluding hydrogens is 466 g/mol. The number of carbonyl (C=O) groups excluding carboxylic acids is 3. The molecule has 2 unspecified atom stereocenters. The van der Waals surface area contributed by atoms with E-state index in [1.165, 1.54) is 0 Å². The molecule has 0 aliphatic rings. The fourth-order valence-electron chi connectivity index (χ4n) is 3.89. The number of nitrogens with zero attached hydrogens (tertiary/aromatic N) is 1. The summed E-state index contributed by atoms with van der Waals surface area (Å²) in [5.41, 5.74) is 0.362. The summed E-state index contributed by atoms with van der Waals surface area (Å²) in [5.74, 6) is -1.39. The highest BCUT2D eigenvalue weighted by Crippen LogP contribution is 2.26. The Hall–Kier alpha value is -4.31. The van der Waals surface area contributed by atoms with Gasteiger partial charge >= 0.3 is 6.09 Å². The number of nitrogens with one attached hydrogen (secondary N) is 2. The Morgan fingerprint density at radius 2 is 1.54 bits per heavy atom. The average Bonchev–Trinajstić information content (AvgIpc) is 2.84. The van der Waals surface area contributed by atoms with E-state index in [1.54, 1.807) is 65.0 Å². The van der Waals surface area contributed by atoms with Crippen LogP contribution in [-0.4, -0.2) is 34.5 Å². The highest BCUT2D eigenvalue weighted by atomic mass is 16.6. The molecule has 0 aromatic heterocycles. The maximum atomic E-state index is 13.7. The van der Waals surface area contributed by atoms with E-state index in [0.717, 1.165) is 15.7 Å². The lowest BCUT2D eigenvalue weighted by atomic mass is 9.99. The Balaban J connectivity index is 1.93. The summed E-state index contributed by atoms with van der Waals surface area (Å²) in [6, 6.07) is 22.4. The highest BCUT2D eigenvalue weighted by molar-refractivity contribution is 6.01. The fourth-order valence-corrected chi connectivity index (χ4v) is 3.89. The second-order valence-corrected chi connectivity index (χ2v) is 10.1. The van der Waals surface area contributed by atoms with Gasteiger partial charge in [0.1, 0.15) is 17.7 Å². The Bertz CT molecular complexity index is 1310. The Labute approximate surface area is 218 Å². The molecule has 0 bridgehead atoms. The van der Waals surface area contributed by atoms with E-state index in [9.17, 15) is 14.4 Å². The number of ether oxygens (including phenoxy) is 1. The number of carbonyl (C=O) groups is 3. The van der Waals surface area contributed by atoms with Crippen LogP contribution in [0.15, 0.2) is 72.8 Å². The van der Waals surface area contributed by atoms with Crippen molar-refractivity contribution in [2.75, 3.05) is 5.32 Å². The number of anilines is 1. The topological polar surface area (TPSA) is 87.7 Å². The highest BCUT2D eigenvalue weighted by Gasteiger charge is 2.37.